The molecular weight excluding hydrogens is 376 g/mol. The van der Waals surface area contributed by atoms with Gasteiger partial charge in [0.2, 0.25) is 0 Å². The molecule has 0 amide bonds. The Morgan fingerprint density at radius 1 is 1.15 bits per heavy atom. The Morgan fingerprint density at radius 3 is 2.54 bits per heavy atom. The third-order valence-corrected chi connectivity index (χ3v) is 4.71. The maximum absolute atomic E-state index is 12.2. The van der Waals surface area contributed by atoms with Gasteiger partial charge in [0.1, 0.15) is 0 Å². The lowest BCUT2D eigenvalue weighted by Crippen LogP contribution is -2.20. The van der Waals surface area contributed by atoms with Crippen LogP contribution in [0.5, 0.6) is 0 Å². The van der Waals surface area contributed by atoms with Crippen LogP contribution in [0.2, 0.25) is 5.02 Å². The highest BCUT2D eigenvalue weighted by molar-refractivity contribution is 7.07. The van der Waals surface area contributed by atoms with Crippen molar-refractivity contribution in [2.75, 3.05) is 0 Å². The van der Waals surface area contributed by atoms with Crippen molar-refractivity contribution < 1.29 is 9.72 Å². The summed E-state index contributed by atoms with van der Waals surface area (Å²) >= 11 is 6.85. The third-order valence-electron chi connectivity index (χ3n) is 3.49. The number of nitrogens with one attached hydrogen (secondary N) is 1. The van der Waals surface area contributed by atoms with Crippen LogP contribution in [0, 0.1) is 10.1 Å². The summed E-state index contributed by atoms with van der Waals surface area (Å²) in [7, 11) is 0. The van der Waals surface area contributed by atoms with E-state index in [0.29, 0.717) is 20.8 Å². The first-order valence-corrected chi connectivity index (χ1v) is 8.59. The van der Waals surface area contributed by atoms with E-state index >= 15 is 0 Å². The summed E-state index contributed by atoms with van der Waals surface area (Å²) in [6.07, 6.45) is 2.75. The molecule has 0 saturated heterocycles. The fraction of sp³-hybridized carbons (Fsp3) is 0. The smallest absolute Gasteiger partial charge is 0.276 e. The number of rotatable bonds is 4. The molecular formula is C18H11ClN2O4S. The summed E-state index contributed by atoms with van der Waals surface area (Å²) in [4.78, 5) is 37.5. The number of Topliss-reactive ketones (excluding diaryl/α,β-unsaturated/α-hetero) is 1. The minimum absolute atomic E-state index is 0.0944. The summed E-state index contributed by atoms with van der Waals surface area (Å²) in [5.41, 5.74) is 0.250. The second-order valence-corrected chi connectivity index (χ2v) is 6.78. The molecule has 3 aromatic rings. The molecule has 3 rings (SSSR count). The fourth-order valence-corrected chi connectivity index (χ4v) is 3.26. The van der Waals surface area contributed by atoms with Crippen molar-refractivity contribution in [3.63, 3.8) is 0 Å². The lowest BCUT2D eigenvalue weighted by molar-refractivity contribution is -0.385. The third kappa shape index (κ3) is 3.96. The Kier molecular flexibility index (Phi) is 5.11. The number of nitro groups is 1. The molecule has 1 aromatic heterocycles. The lowest BCUT2D eigenvalue weighted by Gasteiger charge is -1.94. The Labute approximate surface area is 155 Å². The molecule has 1 N–H and O–H groups in total. The second kappa shape index (κ2) is 7.47. The summed E-state index contributed by atoms with van der Waals surface area (Å²) < 4.78 is 0.634. The maximum atomic E-state index is 12.2. The molecule has 1 heterocycles. The highest BCUT2D eigenvalue weighted by Crippen LogP contribution is 2.17. The van der Waals surface area contributed by atoms with E-state index in [1.165, 1.54) is 18.2 Å². The minimum atomic E-state index is -0.509. The average Bonchev–Trinajstić information content (AvgIpc) is 2.95. The van der Waals surface area contributed by atoms with Gasteiger partial charge >= 0.3 is 0 Å². The largest absolute Gasteiger partial charge is 0.313 e. The van der Waals surface area contributed by atoms with Crippen molar-refractivity contribution in [1.82, 2.24) is 4.98 Å². The minimum Gasteiger partial charge on any atom is -0.313 e. The Balaban J connectivity index is 2.02. The molecule has 8 heteroatoms. The van der Waals surface area contributed by atoms with Crippen molar-refractivity contribution in [3.05, 3.63) is 94.3 Å². The molecule has 0 spiro atoms. The number of nitrogens with zero attached hydrogens (tertiary/aromatic N) is 1. The van der Waals surface area contributed by atoms with Crippen LogP contribution in [0.25, 0.3) is 12.2 Å². The molecule has 0 fully saturated rings. The number of hydrogen-bond acceptors (Lipinski definition) is 5. The van der Waals surface area contributed by atoms with Crippen LogP contribution < -0.4 is 14.8 Å². The predicted molar refractivity (Wildman–Crippen MR) is 101 cm³/mol. The van der Waals surface area contributed by atoms with E-state index in [0.717, 1.165) is 11.3 Å². The van der Waals surface area contributed by atoms with Crippen LogP contribution in [0.1, 0.15) is 15.9 Å². The molecule has 0 aliphatic heterocycles. The van der Waals surface area contributed by atoms with Gasteiger partial charge in [-0.1, -0.05) is 23.7 Å². The van der Waals surface area contributed by atoms with Crippen molar-refractivity contribution in [2.24, 2.45) is 0 Å². The van der Waals surface area contributed by atoms with E-state index in [-0.39, 0.29) is 16.0 Å². The lowest BCUT2D eigenvalue weighted by atomic mass is 10.1. The van der Waals surface area contributed by atoms with Crippen LogP contribution in [-0.2, 0) is 0 Å². The van der Waals surface area contributed by atoms with Gasteiger partial charge in [0, 0.05) is 22.7 Å². The SMILES string of the molecule is O=C(/C=c1/[nH]c(=O)/c(=C/c2ccccc2[N+](=O)[O-])s1)c1ccc(Cl)cc1. The zero-order valence-corrected chi connectivity index (χ0v) is 14.7. The van der Waals surface area contributed by atoms with E-state index in [1.54, 1.807) is 42.5 Å². The molecule has 0 bridgehead atoms. The van der Waals surface area contributed by atoms with Gasteiger partial charge in [-0.25, -0.2) is 0 Å². The molecule has 0 radical (unpaired) electrons. The zero-order valence-electron chi connectivity index (χ0n) is 13.1. The number of H-pyrrole nitrogens is 1. The molecule has 130 valence electrons. The first-order chi connectivity index (χ1) is 12.4. The number of carbonyl (C=O) groups is 1. The van der Waals surface area contributed by atoms with Crippen LogP contribution in [0.15, 0.2) is 53.3 Å². The molecule has 0 unspecified atom stereocenters. The number of aromatic amines is 1. The number of aromatic nitrogens is 1. The fourth-order valence-electron chi connectivity index (χ4n) is 2.26. The standard InChI is InChI=1S/C18H11ClN2O4S/c19-13-7-5-11(6-8-13)15(22)10-17-20-18(23)16(26-17)9-12-3-1-2-4-14(12)21(24)25/h1-10H,(H,20,23)/b16-9-,17-10-. The Morgan fingerprint density at radius 2 is 1.85 bits per heavy atom. The number of para-hydroxylation sites is 1. The quantitative estimate of drug-likeness (QED) is 0.423. The molecule has 0 aliphatic rings. The highest BCUT2D eigenvalue weighted by atomic mass is 35.5. The predicted octanol–water partition coefficient (Wildman–Crippen LogP) is 2.49. The number of carbonyl (C=O) groups excluding carboxylic acids is 1. The Bertz CT molecular complexity index is 1160. The number of halogens is 1. The first-order valence-electron chi connectivity index (χ1n) is 7.40. The van der Waals surface area contributed by atoms with Gasteiger partial charge in [-0.15, -0.1) is 11.3 Å². The van der Waals surface area contributed by atoms with E-state index < -0.39 is 10.5 Å². The van der Waals surface area contributed by atoms with Crippen molar-refractivity contribution in [2.45, 2.75) is 0 Å². The monoisotopic (exact) mass is 386 g/mol. The molecule has 6 nitrogen and oxygen atoms in total. The summed E-state index contributed by atoms with van der Waals surface area (Å²) in [5, 5.41) is 11.6. The van der Waals surface area contributed by atoms with Crippen LogP contribution in [-0.4, -0.2) is 15.7 Å². The summed E-state index contributed by atoms with van der Waals surface area (Å²) in [6, 6.07) is 12.5. The van der Waals surface area contributed by atoms with Gasteiger partial charge in [0.15, 0.2) is 5.78 Å². The van der Waals surface area contributed by atoms with E-state index in [9.17, 15) is 19.7 Å². The van der Waals surface area contributed by atoms with E-state index in [2.05, 4.69) is 4.98 Å². The van der Waals surface area contributed by atoms with Gasteiger partial charge in [-0.2, -0.15) is 0 Å². The normalized spacial score (nSPS) is 12.3. The van der Waals surface area contributed by atoms with Gasteiger partial charge in [0.05, 0.1) is 19.7 Å². The van der Waals surface area contributed by atoms with Gasteiger partial charge in [-0.05, 0) is 36.4 Å². The molecule has 2 aromatic carbocycles. The van der Waals surface area contributed by atoms with Crippen LogP contribution >= 0.6 is 22.9 Å². The van der Waals surface area contributed by atoms with Crippen molar-refractivity contribution in [3.8, 4) is 0 Å². The number of thiazole rings is 1. The first kappa shape index (κ1) is 17.8. The van der Waals surface area contributed by atoms with Crippen LogP contribution in [0.4, 0.5) is 5.69 Å². The van der Waals surface area contributed by atoms with Crippen molar-refractivity contribution in [1.29, 1.82) is 0 Å². The van der Waals surface area contributed by atoms with E-state index in [1.807, 2.05) is 0 Å². The molecule has 26 heavy (non-hydrogen) atoms. The average molecular weight is 387 g/mol. The van der Waals surface area contributed by atoms with Crippen molar-refractivity contribution >= 4 is 46.6 Å². The highest BCUT2D eigenvalue weighted by Gasteiger charge is 2.10. The molecule has 0 saturated carbocycles. The number of benzene rings is 2. The molecule has 0 atom stereocenters. The maximum Gasteiger partial charge on any atom is 0.276 e. The van der Waals surface area contributed by atoms with Gasteiger partial charge < -0.3 is 4.98 Å². The van der Waals surface area contributed by atoms with E-state index in [4.69, 9.17) is 11.6 Å². The van der Waals surface area contributed by atoms with Gasteiger partial charge in [0.25, 0.3) is 11.2 Å². The van der Waals surface area contributed by atoms with Gasteiger partial charge in [-0.3, -0.25) is 19.7 Å². The second-order valence-electron chi connectivity index (χ2n) is 5.26. The number of ketones is 1. The summed E-state index contributed by atoms with van der Waals surface area (Å²) in [6.45, 7) is 0. The number of nitro benzene ring substituents is 1. The topological polar surface area (TPSA) is 93.1 Å². The Hall–Kier alpha value is -3.03. The number of hydrogen-bond donors (Lipinski definition) is 1. The summed E-state index contributed by atoms with van der Waals surface area (Å²) in [5.74, 6) is -0.281. The van der Waals surface area contributed by atoms with Crippen LogP contribution in [0.3, 0.4) is 0 Å². The molecule has 0 aliphatic carbocycles. The zero-order chi connectivity index (χ0) is 18.7.